The summed E-state index contributed by atoms with van der Waals surface area (Å²) in [7, 11) is 4.03. The zero-order valence-corrected chi connectivity index (χ0v) is 13.1. The van der Waals surface area contributed by atoms with Crippen molar-refractivity contribution >= 4 is 5.69 Å². The van der Waals surface area contributed by atoms with E-state index < -0.39 is 0 Å². The van der Waals surface area contributed by atoms with Gasteiger partial charge in [0.2, 0.25) is 0 Å². The molecule has 1 N–H and O–H groups in total. The van der Waals surface area contributed by atoms with Crippen molar-refractivity contribution in [2.24, 2.45) is 0 Å². The van der Waals surface area contributed by atoms with Crippen LogP contribution in [-0.2, 0) is 6.54 Å². The molecule has 4 nitrogen and oxygen atoms in total. The molecule has 1 heterocycles. The monoisotopic (exact) mass is 285 g/mol. The van der Waals surface area contributed by atoms with E-state index in [1.807, 2.05) is 55.5 Å². The Hall–Kier alpha value is -2.07. The van der Waals surface area contributed by atoms with Gasteiger partial charge in [0, 0.05) is 44.6 Å². The van der Waals surface area contributed by atoms with Gasteiger partial charge in [0.15, 0.2) is 0 Å². The number of nitrogens with one attached hydrogen (secondary N) is 1. The fourth-order valence-corrected chi connectivity index (χ4v) is 1.90. The van der Waals surface area contributed by atoms with E-state index in [-0.39, 0.29) is 0 Å². The predicted molar refractivity (Wildman–Crippen MR) is 87.1 cm³/mol. The molecule has 0 unspecified atom stereocenters. The second-order valence-corrected chi connectivity index (χ2v) is 5.56. The van der Waals surface area contributed by atoms with E-state index >= 15 is 0 Å². The van der Waals surface area contributed by atoms with Gasteiger partial charge >= 0.3 is 0 Å². The molecule has 0 fully saturated rings. The summed E-state index contributed by atoms with van der Waals surface area (Å²) in [6.45, 7) is 5.04. The molecule has 2 rings (SSSR count). The van der Waals surface area contributed by atoms with Gasteiger partial charge in [-0.1, -0.05) is 19.9 Å². The van der Waals surface area contributed by atoms with Crippen LogP contribution in [0.5, 0.6) is 11.5 Å². The highest BCUT2D eigenvalue weighted by Gasteiger charge is 2.03. The molecule has 0 aliphatic heterocycles. The highest BCUT2D eigenvalue weighted by atomic mass is 16.5. The minimum absolute atomic E-state index is 0.450. The molecule has 0 aliphatic rings. The summed E-state index contributed by atoms with van der Waals surface area (Å²) in [5.74, 6) is 1.57. The van der Waals surface area contributed by atoms with E-state index in [1.165, 1.54) is 0 Å². The number of rotatable bonds is 6. The third-order valence-electron chi connectivity index (χ3n) is 3.05. The number of anilines is 1. The van der Waals surface area contributed by atoms with Gasteiger partial charge in [0.05, 0.1) is 6.20 Å². The first-order chi connectivity index (χ1) is 10.0. The van der Waals surface area contributed by atoms with E-state index in [2.05, 4.69) is 24.1 Å². The average molecular weight is 285 g/mol. The van der Waals surface area contributed by atoms with E-state index in [0.29, 0.717) is 6.04 Å². The Labute approximate surface area is 126 Å². The van der Waals surface area contributed by atoms with Crippen molar-refractivity contribution in [3.8, 4) is 11.5 Å². The number of nitrogens with zero attached hydrogens (tertiary/aromatic N) is 2. The maximum Gasteiger partial charge on any atom is 0.146 e. The van der Waals surface area contributed by atoms with Crippen LogP contribution in [0, 0.1) is 0 Å². The largest absolute Gasteiger partial charge is 0.456 e. The van der Waals surface area contributed by atoms with Crippen molar-refractivity contribution in [2.45, 2.75) is 26.4 Å². The van der Waals surface area contributed by atoms with Crippen molar-refractivity contribution in [1.29, 1.82) is 0 Å². The lowest BCUT2D eigenvalue weighted by atomic mass is 10.2. The van der Waals surface area contributed by atoms with Crippen LogP contribution in [0.15, 0.2) is 42.7 Å². The lowest BCUT2D eigenvalue weighted by Gasteiger charge is -2.14. The Morgan fingerprint density at radius 1 is 1.14 bits per heavy atom. The molecule has 0 spiro atoms. The summed E-state index contributed by atoms with van der Waals surface area (Å²) in [5, 5.41) is 3.37. The van der Waals surface area contributed by atoms with Gasteiger partial charge in [-0.25, -0.2) is 0 Å². The Morgan fingerprint density at radius 3 is 2.67 bits per heavy atom. The molecule has 0 atom stereocenters. The number of hydrogen-bond donors (Lipinski definition) is 1. The molecule has 21 heavy (non-hydrogen) atoms. The van der Waals surface area contributed by atoms with Crippen LogP contribution in [0.25, 0.3) is 0 Å². The van der Waals surface area contributed by atoms with Gasteiger partial charge in [-0.2, -0.15) is 0 Å². The Kier molecular flexibility index (Phi) is 5.17. The molecule has 0 bridgehead atoms. The maximum atomic E-state index is 5.90. The van der Waals surface area contributed by atoms with Gasteiger partial charge in [-0.15, -0.1) is 0 Å². The van der Waals surface area contributed by atoms with Crippen LogP contribution >= 0.6 is 0 Å². The van der Waals surface area contributed by atoms with Gasteiger partial charge in [-0.05, 0) is 23.8 Å². The van der Waals surface area contributed by atoms with Gasteiger partial charge in [0.1, 0.15) is 11.5 Å². The van der Waals surface area contributed by atoms with E-state index in [0.717, 1.165) is 29.3 Å². The first-order valence-electron chi connectivity index (χ1n) is 7.17. The average Bonchev–Trinajstić information content (AvgIpc) is 2.46. The van der Waals surface area contributed by atoms with E-state index in [4.69, 9.17) is 4.74 Å². The van der Waals surface area contributed by atoms with Crippen LogP contribution in [0.1, 0.15) is 19.4 Å². The topological polar surface area (TPSA) is 37.4 Å². The van der Waals surface area contributed by atoms with Gasteiger partial charge < -0.3 is 15.0 Å². The highest BCUT2D eigenvalue weighted by molar-refractivity contribution is 5.50. The van der Waals surface area contributed by atoms with Crippen LogP contribution in [0.3, 0.4) is 0 Å². The van der Waals surface area contributed by atoms with Crippen molar-refractivity contribution < 1.29 is 4.74 Å². The number of ether oxygens (including phenoxy) is 1. The molecular weight excluding hydrogens is 262 g/mol. The SMILES string of the molecule is CC(C)NCc1cncc(Oc2cccc(N(C)C)c2)c1. The fourth-order valence-electron chi connectivity index (χ4n) is 1.90. The maximum absolute atomic E-state index is 5.90. The minimum Gasteiger partial charge on any atom is -0.456 e. The summed E-state index contributed by atoms with van der Waals surface area (Å²) in [6.07, 6.45) is 3.60. The normalized spacial score (nSPS) is 10.7. The summed E-state index contributed by atoms with van der Waals surface area (Å²) in [4.78, 5) is 6.29. The zero-order valence-electron chi connectivity index (χ0n) is 13.1. The van der Waals surface area contributed by atoms with Crippen LogP contribution in [0.4, 0.5) is 5.69 Å². The van der Waals surface area contributed by atoms with Crippen molar-refractivity contribution in [2.75, 3.05) is 19.0 Å². The Balaban J connectivity index is 2.09. The lowest BCUT2D eigenvalue weighted by Crippen LogP contribution is -2.21. The third-order valence-corrected chi connectivity index (χ3v) is 3.05. The Morgan fingerprint density at radius 2 is 1.95 bits per heavy atom. The number of hydrogen-bond acceptors (Lipinski definition) is 4. The van der Waals surface area contributed by atoms with Crippen LogP contribution in [-0.4, -0.2) is 25.1 Å². The summed E-state index contributed by atoms with van der Waals surface area (Å²) in [6, 6.07) is 10.5. The molecule has 0 aliphatic carbocycles. The molecule has 112 valence electrons. The third kappa shape index (κ3) is 4.76. The first kappa shape index (κ1) is 15.3. The number of aromatic nitrogens is 1. The molecule has 0 saturated heterocycles. The molecule has 0 saturated carbocycles. The zero-order chi connectivity index (χ0) is 15.2. The molecule has 4 heteroatoms. The molecule has 1 aromatic heterocycles. The van der Waals surface area contributed by atoms with Crippen molar-refractivity contribution in [3.05, 3.63) is 48.3 Å². The molecule has 2 aromatic rings. The van der Waals surface area contributed by atoms with Crippen LogP contribution in [0.2, 0.25) is 0 Å². The summed E-state index contributed by atoms with van der Waals surface area (Å²) >= 11 is 0. The second kappa shape index (κ2) is 7.09. The quantitative estimate of drug-likeness (QED) is 0.882. The molecule has 0 radical (unpaired) electrons. The predicted octanol–water partition coefficient (Wildman–Crippen LogP) is 3.44. The van der Waals surface area contributed by atoms with E-state index in [9.17, 15) is 0 Å². The standard InChI is InChI=1S/C17H23N3O/c1-13(2)19-11-14-8-17(12-18-10-14)21-16-7-5-6-15(9-16)20(3)4/h5-10,12-13,19H,11H2,1-4H3. The highest BCUT2D eigenvalue weighted by Crippen LogP contribution is 2.25. The summed E-state index contributed by atoms with van der Waals surface area (Å²) < 4.78 is 5.90. The van der Waals surface area contributed by atoms with Gasteiger partial charge in [-0.3, -0.25) is 4.98 Å². The fraction of sp³-hybridized carbons (Fsp3) is 0.353. The molecule has 1 aromatic carbocycles. The first-order valence-corrected chi connectivity index (χ1v) is 7.17. The van der Waals surface area contributed by atoms with Crippen molar-refractivity contribution in [1.82, 2.24) is 10.3 Å². The minimum atomic E-state index is 0.450. The Bertz CT molecular complexity index is 582. The molecular formula is C17H23N3O. The summed E-state index contributed by atoms with van der Waals surface area (Å²) in [5.41, 5.74) is 2.23. The number of benzene rings is 1. The lowest BCUT2D eigenvalue weighted by molar-refractivity contribution is 0.478. The second-order valence-electron chi connectivity index (χ2n) is 5.56. The van der Waals surface area contributed by atoms with Crippen LogP contribution < -0.4 is 15.0 Å². The smallest absolute Gasteiger partial charge is 0.146 e. The van der Waals surface area contributed by atoms with Gasteiger partial charge in [0.25, 0.3) is 0 Å². The van der Waals surface area contributed by atoms with Crippen molar-refractivity contribution in [3.63, 3.8) is 0 Å². The molecule has 0 amide bonds. The van der Waals surface area contributed by atoms with E-state index in [1.54, 1.807) is 6.20 Å². The number of pyridine rings is 1.